The van der Waals surface area contributed by atoms with Crippen molar-refractivity contribution in [2.75, 3.05) is 33.4 Å². The normalized spacial score (nSPS) is 19.4. The number of benzene rings is 2. The molecule has 0 unspecified atom stereocenters. The molecule has 1 aliphatic heterocycles. The zero-order chi connectivity index (χ0) is 29.6. The van der Waals surface area contributed by atoms with Gasteiger partial charge in [-0.25, -0.2) is 0 Å². The molecule has 3 atom stereocenters. The number of methoxy groups -OCH3 is 1. The Morgan fingerprint density at radius 2 is 1.68 bits per heavy atom. The van der Waals surface area contributed by atoms with Gasteiger partial charge in [-0.3, -0.25) is 4.90 Å². The third-order valence-electron chi connectivity index (χ3n) is 6.70. The van der Waals surface area contributed by atoms with Gasteiger partial charge in [0.25, 0.3) is 0 Å². The van der Waals surface area contributed by atoms with Crippen LogP contribution >= 0.6 is 0 Å². The van der Waals surface area contributed by atoms with E-state index < -0.39 is 41.9 Å². The topological polar surface area (TPSA) is 84.5 Å². The minimum absolute atomic E-state index is 0.0987. The van der Waals surface area contributed by atoms with Gasteiger partial charge < -0.3 is 19.5 Å². The lowest BCUT2D eigenvalue weighted by Gasteiger charge is -2.42. The number of rotatable bonds is 11. The average Bonchev–Trinajstić information content (AvgIpc) is 3.37. The summed E-state index contributed by atoms with van der Waals surface area (Å²) in [4.78, 5) is 2.04. The molecule has 1 saturated heterocycles. The first-order chi connectivity index (χ1) is 19.5. The summed E-state index contributed by atoms with van der Waals surface area (Å²) in [7, 11) is 1.60. The highest BCUT2D eigenvalue weighted by Gasteiger charge is 2.39. The van der Waals surface area contributed by atoms with Crippen LogP contribution in [0.5, 0.6) is 0 Å². The molecule has 0 bridgehead atoms. The van der Waals surface area contributed by atoms with Gasteiger partial charge in [0.1, 0.15) is 11.4 Å². The number of halogens is 6. The Balaban J connectivity index is 1.59. The highest BCUT2D eigenvalue weighted by atomic mass is 19.4. The number of hydrogen-bond acceptors (Lipinski definition) is 7. The highest BCUT2D eigenvalue weighted by Crippen LogP contribution is 2.39. The molecule has 0 radical (unpaired) electrons. The number of aromatic amines is 1. The summed E-state index contributed by atoms with van der Waals surface area (Å²) in [5, 5.41) is 14.4. The predicted molar refractivity (Wildman–Crippen MR) is 135 cm³/mol. The second kappa shape index (κ2) is 13.3. The predicted octanol–water partition coefficient (Wildman–Crippen LogP) is 5.26. The van der Waals surface area contributed by atoms with Crippen LogP contribution in [0.3, 0.4) is 0 Å². The third-order valence-corrected chi connectivity index (χ3v) is 6.70. The van der Waals surface area contributed by atoms with Gasteiger partial charge >= 0.3 is 12.4 Å². The van der Waals surface area contributed by atoms with Crippen LogP contribution in [0.4, 0.5) is 26.3 Å². The van der Waals surface area contributed by atoms with Crippen LogP contribution in [0.2, 0.25) is 0 Å². The smallest absolute Gasteiger partial charge is 0.383 e. The molecule has 1 fully saturated rings. The summed E-state index contributed by atoms with van der Waals surface area (Å²) < 4.78 is 97.8. The number of alkyl halides is 6. The van der Waals surface area contributed by atoms with Gasteiger partial charge in [0.15, 0.2) is 6.29 Å². The van der Waals surface area contributed by atoms with E-state index in [1.807, 2.05) is 35.2 Å². The van der Waals surface area contributed by atoms with E-state index in [-0.39, 0.29) is 18.2 Å². The summed E-state index contributed by atoms with van der Waals surface area (Å²) in [5.74, 6) is 0. The van der Waals surface area contributed by atoms with Gasteiger partial charge in [0.2, 0.25) is 0 Å². The third kappa shape index (κ3) is 8.04. The number of hydrogen-bond donors (Lipinski definition) is 2. The fraction of sp³-hybridized carbons (Fsp3) is 0.481. The molecule has 2 heterocycles. The zero-order valence-electron chi connectivity index (χ0n) is 22.4. The maximum atomic E-state index is 13.5. The molecule has 0 saturated carbocycles. The van der Waals surface area contributed by atoms with E-state index in [2.05, 4.69) is 20.7 Å². The Morgan fingerprint density at radius 1 is 1.02 bits per heavy atom. The molecule has 1 aliphatic rings. The molecule has 2 N–H and O–H groups in total. The van der Waals surface area contributed by atoms with Crippen molar-refractivity contribution in [3.8, 4) is 0 Å². The summed E-state index contributed by atoms with van der Waals surface area (Å²) in [6.45, 7) is 4.03. The van der Waals surface area contributed by atoms with Crippen LogP contribution in [0.15, 0.2) is 48.5 Å². The van der Waals surface area contributed by atoms with Gasteiger partial charge in [-0.15, -0.1) is 0 Å². The number of nitrogens with zero attached hydrogens (tertiary/aromatic N) is 3. The summed E-state index contributed by atoms with van der Waals surface area (Å²) in [6, 6.07) is 10.1. The lowest BCUT2D eigenvalue weighted by atomic mass is 10.0. The van der Waals surface area contributed by atoms with Gasteiger partial charge in [0, 0.05) is 33.3 Å². The fourth-order valence-electron chi connectivity index (χ4n) is 4.61. The zero-order valence-corrected chi connectivity index (χ0v) is 22.4. The quantitative estimate of drug-likeness (QED) is 0.234. The summed E-state index contributed by atoms with van der Waals surface area (Å²) >= 11 is 0. The maximum absolute atomic E-state index is 13.5. The van der Waals surface area contributed by atoms with Gasteiger partial charge in [-0.2, -0.15) is 41.8 Å². The van der Waals surface area contributed by atoms with Crippen molar-refractivity contribution in [1.29, 1.82) is 0 Å². The molecule has 8 nitrogen and oxygen atoms in total. The van der Waals surface area contributed by atoms with Crippen LogP contribution < -0.4 is 5.32 Å². The molecule has 0 amide bonds. The Labute approximate surface area is 233 Å². The first-order valence-corrected chi connectivity index (χ1v) is 12.9. The number of nitrogens with one attached hydrogen (secondary N) is 2. The second-order valence-electron chi connectivity index (χ2n) is 9.57. The molecule has 0 aliphatic carbocycles. The van der Waals surface area contributed by atoms with Crippen LogP contribution in [-0.4, -0.2) is 60.0 Å². The van der Waals surface area contributed by atoms with Gasteiger partial charge in [-0.1, -0.05) is 30.3 Å². The Morgan fingerprint density at radius 3 is 2.32 bits per heavy atom. The first kappa shape index (κ1) is 30.9. The number of morpholine rings is 1. The molecule has 14 heteroatoms. The van der Waals surface area contributed by atoms with Crippen molar-refractivity contribution in [3.63, 3.8) is 0 Å². The van der Waals surface area contributed by atoms with Crippen LogP contribution in [0, 0.1) is 0 Å². The van der Waals surface area contributed by atoms with E-state index in [4.69, 9.17) is 14.2 Å². The van der Waals surface area contributed by atoms with E-state index >= 15 is 0 Å². The lowest BCUT2D eigenvalue weighted by molar-refractivity contribution is -0.231. The largest absolute Gasteiger partial charge is 0.416 e. The molecule has 1 aromatic heterocycles. The standard InChI is InChI=1S/C27H31F6N5O3/c1-17(19-12-20(26(28,29)30)14-21(13-19)27(31,32)33)41-25-24(18-6-4-3-5-7-18)38(9-11-40-25)16-23-22(35-37-36-23)15-34-8-10-39-2/h3-7,12-14,17,24-25,34H,8-11,15-16H2,1-2H3,(H,35,36,37)/t17-,24+,25-/m1/s1. The average molecular weight is 588 g/mol. The van der Waals surface area contributed by atoms with Crippen LogP contribution in [-0.2, 0) is 39.7 Å². The first-order valence-electron chi connectivity index (χ1n) is 12.9. The molecule has 4 rings (SSSR count). The molecule has 0 spiro atoms. The van der Waals surface area contributed by atoms with Crippen molar-refractivity contribution in [3.05, 3.63) is 82.2 Å². The molecular formula is C27H31F6N5O3. The van der Waals surface area contributed by atoms with Crippen LogP contribution in [0.1, 0.15) is 52.7 Å². The van der Waals surface area contributed by atoms with E-state index in [1.54, 1.807) is 7.11 Å². The summed E-state index contributed by atoms with van der Waals surface area (Å²) in [6.07, 6.45) is -12.1. The molecule has 3 aromatic rings. The highest BCUT2D eigenvalue weighted by molar-refractivity contribution is 5.34. The molecule has 41 heavy (non-hydrogen) atoms. The second-order valence-corrected chi connectivity index (χ2v) is 9.57. The van der Waals surface area contributed by atoms with Crippen molar-refractivity contribution in [1.82, 2.24) is 25.6 Å². The Bertz CT molecular complexity index is 1220. The van der Waals surface area contributed by atoms with Gasteiger partial charge in [0.05, 0.1) is 36.5 Å². The van der Waals surface area contributed by atoms with Crippen molar-refractivity contribution in [2.24, 2.45) is 0 Å². The SMILES string of the molecule is COCCNCc1n[nH]nc1CN1CCO[C@H](O[C@H](C)c2cc(C(F)(F)F)cc(C(F)(F)F)c2)[C@@H]1c1ccccc1. The number of H-pyrrole nitrogens is 1. The lowest BCUT2D eigenvalue weighted by Crippen LogP contribution is -2.46. The van der Waals surface area contributed by atoms with Crippen molar-refractivity contribution >= 4 is 0 Å². The summed E-state index contributed by atoms with van der Waals surface area (Å²) in [5.41, 5.74) is -0.887. The maximum Gasteiger partial charge on any atom is 0.416 e. The van der Waals surface area contributed by atoms with E-state index in [0.29, 0.717) is 56.3 Å². The Hall–Kier alpha value is -3.04. The van der Waals surface area contributed by atoms with Crippen molar-refractivity contribution in [2.45, 2.75) is 50.8 Å². The van der Waals surface area contributed by atoms with Crippen LogP contribution in [0.25, 0.3) is 0 Å². The molecular weight excluding hydrogens is 556 g/mol. The fourth-order valence-corrected chi connectivity index (χ4v) is 4.61. The molecule has 2 aromatic carbocycles. The van der Waals surface area contributed by atoms with E-state index in [0.717, 1.165) is 5.56 Å². The van der Waals surface area contributed by atoms with Crippen molar-refractivity contribution < 1.29 is 40.6 Å². The Kier molecular flexibility index (Phi) is 10.0. The number of aromatic nitrogens is 3. The minimum Gasteiger partial charge on any atom is -0.383 e. The number of ether oxygens (including phenoxy) is 3. The van der Waals surface area contributed by atoms with E-state index in [9.17, 15) is 26.3 Å². The van der Waals surface area contributed by atoms with Gasteiger partial charge in [-0.05, 0) is 36.2 Å². The minimum atomic E-state index is -4.96. The molecule has 224 valence electrons. The van der Waals surface area contributed by atoms with E-state index in [1.165, 1.54) is 6.92 Å². The monoisotopic (exact) mass is 587 g/mol.